The molecule has 0 atom stereocenters. The second-order valence-corrected chi connectivity index (χ2v) is 6.24. The van der Waals surface area contributed by atoms with Crippen LogP contribution in [-0.2, 0) is 9.47 Å². The standard InChI is InChI=1S/C19H23NO3/c1-5-22-16-7-6-12-20-17(13-16)14-8-10-15(11-9-14)18(21)23-19(2,3)4/h6-12H,5,13H2,1-4H3. The van der Waals surface area contributed by atoms with E-state index in [2.05, 4.69) is 4.99 Å². The van der Waals surface area contributed by atoms with Gasteiger partial charge in [0.25, 0.3) is 0 Å². The van der Waals surface area contributed by atoms with Crippen LogP contribution in [0.3, 0.4) is 0 Å². The maximum absolute atomic E-state index is 12.0. The number of aliphatic imine (C=N–C) groups is 1. The molecule has 0 amide bonds. The van der Waals surface area contributed by atoms with Gasteiger partial charge in [-0.15, -0.1) is 0 Å². The summed E-state index contributed by atoms with van der Waals surface area (Å²) in [5.74, 6) is 0.567. The van der Waals surface area contributed by atoms with Gasteiger partial charge < -0.3 is 9.47 Å². The molecular formula is C19H23NO3. The molecule has 23 heavy (non-hydrogen) atoms. The van der Waals surface area contributed by atoms with E-state index in [0.717, 1.165) is 17.0 Å². The molecule has 0 radical (unpaired) electrons. The number of benzene rings is 1. The number of ether oxygens (including phenoxy) is 2. The van der Waals surface area contributed by atoms with Crippen LogP contribution < -0.4 is 0 Å². The van der Waals surface area contributed by atoms with Crippen molar-refractivity contribution in [3.8, 4) is 0 Å². The van der Waals surface area contributed by atoms with Crippen molar-refractivity contribution in [2.75, 3.05) is 6.61 Å². The molecule has 0 saturated carbocycles. The lowest BCUT2D eigenvalue weighted by Crippen LogP contribution is -2.23. The number of carbonyl (C=O) groups is 1. The van der Waals surface area contributed by atoms with Crippen molar-refractivity contribution < 1.29 is 14.3 Å². The minimum atomic E-state index is -0.497. The Balaban J connectivity index is 2.13. The van der Waals surface area contributed by atoms with Gasteiger partial charge in [0.05, 0.1) is 17.9 Å². The average molecular weight is 313 g/mol. The molecule has 1 aliphatic heterocycles. The second kappa shape index (κ2) is 7.27. The zero-order valence-corrected chi connectivity index (χ0v) is 14.1. The van der Waals surface area contributed by atoms with Crippen molar-refractivity contribution in [3.05, 3.63) is 59.5 Å². The molecule has 0 N–H and O–H groups in total. The summed E-state index contributed by atoms with van der Waals surface area (Å²) in [6, 6.07) is 7.32. The molecule has 0 spiro atoms. The van der Waals surface area contributed by atoms with E-state index in [-0.39, 0.29) is 5.97 Å². The van der Waals surface area contributed by atoms with Crippen LogP contribution in [-0.4, -0.2) is 23.9 Å². The third-order valence-corrected chi connectivity index (χ3v) is 3.12. The summed E-state index contributed by atoms with van der Waals surface area (Å²) >= 11 is 0. The topological polar surface area (TPSA) is 47.9 Å². The van der Waals surface area contributed by atoms with Crippen LogP contribution in [0.2, 0.25) is 0 Å². The van der Waals surface area contributed by atoms with Crippen molar-refractivity contribution in [1.82, 2.24) is 0 Å². The summed E-state index contributed by atoms with van der Waals surface area (Å²) < 4.78 is 11.0. The van der Waals surface area contributed by atoms with Crippen molar-refractivity contribution in [1.29, 1.82) is 0 Å². The molecule has 4 heteroatoms. The molecule has 0 bridgehead atoms. The molecule has 0 aliphatic carbocycles. The van der Waals surface area contributed by atoms with Gasteiger partial charge in [-0.1, -0.05) is 12.1 Å². The summed E-state index contributed by atoms with van der Waals surface area (Å²) in [5, 5.41) is 0. The summed E-state index contributed by atoms with van der Waals surface area (Å²) in [6.07, 6.45) is 6.18. The zero-order valence-electron chi connectivity index (χ0n) is 14.1. The highest BCUT2D eigenvalue weighted by Gasteiger charge is 2.18. The second-order valence-electron chi connectivity index (χ2n) is 6.24. The van der Waals surface area contributed by atoms with E-state index in [1.165, 1.54) is 0 Å². The molecular weight excluding hydrogens is 290 g/mol. The van der Waals surface area contributed by atoms with Crippen LogP contribution in [0.25, 0.3) is 0 Å². The average Bonchev–Trinajstić information content (AvgIpc) is 2.72. The van der Waals surface area contributed by atoms with Crippen LogP contribution in [0.5, 0.6) is 0 Å². The summed E-state index contributed by atoms with van der Waals surface area (Å²) in [6.45, 7) is 8.15. The molecule has 0 saturated heterocycles. The van der Waals surface area contributed by atoms with Gasteiger partial charge in [0.1, 0.15) is 11.4 Å². The SMILES string of the molecule is CCOC1=CC=CN=C(c2ccc(C(=O)OC(C)(C)C)cc2)C1. The fourth-order valence-corrected chi connectivity index (χ4v) is 2.15. The number of allylic oxidation sites excluding steroid dienone is 3. The van der Waals surface area contributed by atoms with Gasteiger partial charge in [-0.05, 0) is 57.5 Å². The first-order chi connectivity index (χ1) is 10.9. The van der Waals surface area contributed by atoms with Gasteiger partial charge in [-0.25, -0.2) is 4.79 Å². The Morgan fingerprint density at radius 2 is 1.91 bits per heavy atom. The quantitative estimate of drug-likeness (QED) is 0.780. The van der Waals surface area contributed by atoms with Crippen molar-refractivity contribution in [2.24, 2.45) is 4.99 Å². The Bertz CT molecular complexity index is 646. The van der Waals surface area contributed by atoms with Gasteiger partial charge in [-0.2, -0.15) is 0 Å². The van der Waals surface area contributed by atoms with E-state index in [1.54, 1.807) is 18.3 Å². The van der Waals surface area contributed by atoms with E-state index < -0.39 is 5.60 Å². The highest BCUT2D eigenvalue weighted by atomic mass is 16.6. The number of nitrogens with zero attached hydrogens (tertiary/aromatic N) is 1. The molecule has 4 nitrogen and oxygen atoms in total. The van der Waals surface area contributed by atoms with Crippen LogP contribution >= 0.6 is 0 Å². The van der Waals surface area contributed by atoms with Crippen molar-refractivity contribution >= 4 is 11.7 Å². The summed E-state index contributed by atoms with van der Waals surface area (Å²) in [5.41, 5.74) is 1.92. The first-order valence-electron chi connectivity index (χ1n) is 7.78. The highest BCUT2D eigenvalue weighted by molar-refractivity contribution is 6.03. The Morgan fingerprint density at radius 3 is 2.52 bits per heavy atom. The molecule has 0 aromatic heterocycles. The number of hydrogen-bond acceptors (Lipinski definition) is 4. The maximum atomic E-state index is 12.0. The molecule has 1 heterocycles. The van der Waals surface area contributed by atoms with E-state index in [9.17, 15) is 4.79 Å². The molecule has 122 valence electrons. The summed E-state index contributed by atoms with van der Waals surface area (Å²) in [7, 11) is 0. The zero-order chi connectivity index (χ0) is 16.9. The lowest BCUT2D eigenvalue weighted by molar-refractivity contribution is 0.00695. The number of hydrogen-bond donors (Lipinski definition) is 0. The lowest BCUT2D eigenvalue weighted by atomic mass is 10.0. The first kappa shape index (κ1) is 17.0. The van der Waals surface area contributed by atoms with Gasteiger partial charge in [0.15, 0.2) is 0 Å². The number of carbonyl (C=O) groups excluding carboxylic acids is 1. The highest BCUT2D eigenvalue weighted by Crippen LogP contribution is 2.17. The molecule has 1 aromatic carbocycles. The Labute approximate surface area is 137 Å². The van der Waals surface area contributed by atoms with Gasteiger partial charge in [0.2, 0.25) is 0 Å². The molecule has 2 rings (SSSR count). The van der Waals surface area contributed by atoms with Gasteiger partial charge in [-0.3, -0.25) is 4.99 Å². The van der Waals surface area contributed by atoms with Crippen LogP contribution in [0, 0.1) is 0 Å². The fourth-order valence-electron chi connectivity index (χ4n) is 2.15. The molecule has 1 aliphatic rings. The maximum Gasteiger partial charge on any atom is 0.338 e. The third kappa shape index (κ3) is 5.09. The molecule has 0 unspecified atom stereocenters. The normalized spacial score (nSPS) is 14.6. The summed E-state index contributed by atoms with van der Waals surface area (Å²) in [4.78, 5) is 16.5. The number of rotatable bonds is 4. The van der Waals surface area contributed by atoms with Crippen LogP contribution in [0.1, 0.15) is 50.0 Å². The predicted octanol–water partition coefficient (Wildman–Crippen LogP) is 4.27. The van der Waals surface area contributed by atoms with Crippen LogP contribution in [0.4, 0.5) is 0 Å². The Kier molecular flexibility index (Phi) is 5.37. The minimum Gasteiger partial charge on any atom is -0.498 e. The van der Waals surface area contributed by atoms with Gasteiger partial charge in [0, 0.05) is 12.6 Å². The van der Waals surface area contributed by atoms with Crippen LogP contribution in [0.15, 0.2) is 53.4 Å². The van der Waals surface area contributed by atoms with E-state index in [1.807, 2.05) is 52.0 Å². The number of esters is 1. The fraction of sp³-hybridized carbons (Fsp3) is 0.368. The minimum absolute atomic E-state index is 0.318. The van der Waals surface area contributed by atoms with E-state index in [4.69, 9.17) is 9.47 Å². The monoisotopic (exact) mass is 313 g/mol. The Hall–Kier alpha value is -2.36. The van der Waals surface area contributed by atoms with Crippen molar-refractivity contribution in [3.63, 3.8) is 0 Å². The smallest absolute Gasteiger partial charge is 0.338 e. The molecule has 0 fully saturated rings. The predicted molar refractivity (Wildman–Crippen MR) is 91.6 cm³/mol. The first-order valence-corrected chi connectivity index (χ1v) is 7.78. The van der Waals surface area contributed by atoms with E-state index in [0.29, 0.717) is 18.6 Å². The van der Waals surface area contributed by atoms with E-state index >= 15 is 0 Å². The third-order valence-electron chi connectivity index (χ3n) is 3.12. The molecule has 1 aromatic rings. The Morgan fingerprint density at radius 1 is 1.22 bits per heavy atom. The largest absolute Gasteiger partial charge is 0.498 e. The lowest BCUT2D eigenvalue weighted by Gasteiger charge is -2.19. The van der Waals surface area contributed by atoms with Crippen molar-refractivity contribution in [2.45, 2.75) is 39.7 Å². The van der Waals surface area contributed by atoms with Gasteiger partial charge >= 0.3 is 5.97 Å².